The smallest absolute Gasteiger partial charge is 0.123 e. The predicted molar refractivity (Wildman–Crippen MR) is 131 cm³/mol. The molecule has 0 fully saturated rings. The van der Waals surface area contributed by atoms with Crippen molar-refractivity contribution in [2.24, 2.45) is 0 Å². The van der Waals surface area contributed by atoms with E-state index in [9.17, 15) is 0 Å². The van der Waals surface area contributed by atoms with Gasteiger partial charge in [-0.05, 0) is 49.3 Å². The van der Waals surface area contributed by atoms with Crippen LogP contribution in [0.3, 0.4) is 0 Å². The van der Waals surface area contributed by atoms with E-state index in [2.05, 4.69) is 92.8 Å². The molecule has 0 amide bonds. The Morgan fingerprint density at radius 2 is 1.60 bits per heavy atom. The molecule has 0 aliphatic heterocycles. The number of hydrogen-bond acceptors (Lipinski definition) is 2. The van der Waals surface area contributed by atoms with Crippen LogP contribution in [0.25, 0.3) is 0 Å². The SMILES string of the molecule is CCC(CC)(Pc1ccccc1CNC)c1cc(C)ccc1OCc1ccccc1. The van der Waals surface area contributed by atoms with Gasteiger partial charge in [0.05, 0.1) is 0 Å². The molecule has 0 spiro atoms. The van der Waals surface area contributed by atoms with E-state index in [4.69, 9.17) is 4.74 Å². The molecule has 2 nitrogen and oxygen atoms in total. The van der Waals surface area contributed by atoms with Crippen molar-refractivity contribution in [1.82, 2.24) is 5.32 Å². The van der Waals surface area contributed by atoms with Crippen molar-refractivity contribution < 1.29 is 4.74 Å². The van der Waals surface area contributed by atoms with E-state index >= 15 is 0 Å². The van der Waals surface area contributed by atoms with Gasteiger partial charge in [-0.15, -0.1) is 0 Å². The molecule has 3 aromatic carbocycles. The van der Waals surface area contributed by atoms with E-state index < -0.39 is 0 Å². The van der Waals surface area contributed by atoms with Crippen LogP contribution in [0.5, 0.6) is 5.75 Å². The Morgan fingerprint density at radius 3 is 2.30 bits per heavy atom. The van der Waals surface area contributed by atoms with Crippen molar-refractivity contribution in [3.63, 3.8) is 0 Å². The average Bonchev–Trinajstić information content (AvgIpc) is 2.79. The standard InChI is InChI=1S/C27H34NOP/c1-5-27(6-2,30-26-15-11-10-14-23(26)19-28-4)24-18-21(3)16-17-25(24)29-20-22-12-8-7-9-13-22/h7-18,28,30H,5-6,19-20H2,1-4H3. The fourth-order valence-electron chi connectivity index (χ4n) is 4.00. The van der Waals surface area contributed by atoms with Crippen LogP contribution < -0.4 is 15.4 Å². The molecule has 1 atom stereocenters. The van der Waals surface area contributed by atoms with E-state index in [0.717, 1.165) is 25.1 Å². The van der Waals surface area contributed by atoms with Crippen molar-refractivity contribution in [2.45, 2.75) is 51.9 Å². The van der Waals surface area contributed by atoms with Gasteiger partial charge >= 0.3 is 0 Å². The van der Waals surface area contributed by atoms with Gasteiger partial charge in [-0.25, -0.2) is 0 Å². The molecular formula is C27H34NOP. The molecule has 1 N–H and O–H groups in total. The second-order valence-corrected chi connectivity index (χ2v) is 9.62. The van der Waals surface area contributed by atoms with Gasteiger partial charge in [0.15, 0.2) is 0 Å². The zero-order valence-corrected chi connectivity index (χ0v) is 19.7. The third-order valence-corrected chi connectivity index (χ3v) is 8.07. The highest BCUT2D eigenvalue weighted by atomic mass is 31.1. The van der Waals surface area contributed by atoms with Crippen LogP contribution >= 0.6 is 8.58 Å². The topological polar surface area (TPSA) is 21.3 Å². The predicted octanol–water partition coefficient (Wildman–Crippen LogP) is 6.31. The summed E-state index contributed by atoms with van der Waals surface area (Å²) in [6.07, 6.45) is 2.17. The molecule has 3 heteroatoms. The van der Waals surface area contributed by atoms with Gasteiger partial charge in [0.25, 0.3) is 0 Å². The largest absolute Gasteiger partial charge is 0.489 e. The maximum absolute atomic E-state index is 6.40. The molecule has 0 saturated carbocycles. The number of benzene rings is 3. The molecule has 0 bridgehead atoms. The first-order valence-electron chi connectivity index (χ1n) is 10.9. The summed E-state index contributed by atoms with van der Waals surface area (Å²) in [4.78, 5) is 0. The first kappa shape index (κ1) is 22.5. The molecule has 3 rings (SSSR count). The summed E-state index contributed by atoms with van der Waals surface area (Å²) in [5, 5.41) is 4.85. The van der Waals surface area contributed by atoms with Crippen LogP contribution in [-0.4, -0.2) is 7.05 Å². The Morgan fingerprint density at radius 1 is 0.900 bits per heavy atom. The molecule has 1 unspecified atom stereocenters. The third kappa shape index (κ3) is 5.31. The Labute approximate surface area is 183 Å². The fourth-order valence-corrected chi connectivity index (χ4v) is 5.71. The summed E-state index contributed by atoms with van der Waals surface area (Å²) in [6, 6.07) is 26.0. The van der Waals surface area contributed by atoms with Gasteiger partial charge in [0.1, 0.15) is 12.4 Å². The Kier molecular flexibility index (Phi) is 8.08. The minimum atomic E-state index is 0.0713. The minimum Gasteiger partial charge on any atom is -0.489 e. The van der Waals surface area contributed by atoms with E-state index in [1.807, 2.05) is 13.1 Å². The second kappa shape index (κ2) is 10.8. The maximum Gasteiger partial charge on any atom is 0.123 e. The normalized spacial score (nSPS) is 11.9. The summed E-state index contributed by atoms with van der Waals surface area (Å²) in [5.74, 6) is 1.02. The zero-order valence-electron chi connectivity index (χ0n) is 18.7. The van der Waals surface area contributed by atoms with Crippen molar-refractivity contribution >= 4 is 13.9 Å². The van der Waals surface area contributed by atoms with Crippen LogP contribution in [0.2, 0.25) is 0 Å². The van der Waals surface area contributed by atoms with Crippen LogP contribution in [-0.2, 0) is 18.3 Å². The highest BCUT2D eigenvalue weighted by Gasteiger charge is 2.32. The molecule has 0 aliphatic carbocycles. The summed E-state index contributed by atoms with van der Waals surface area (Å²) in [6.45, 7) is 8.32. The summed E-state index contributed by atoms with van der Waals surface area (Å²) >= 11 is 0. The van der Waals surface area contributed by atoms with Gasteiger partial charge < -0.3 is 10.1 Å². The molecular weight excluding hydrogens is 385 g/mol. The lowest BCUT2D eigenvalue weighted by Crippen LogP contribution is -2.25. The quantitative estimate of drug-likeness (QED) is 0.389. The molecule has 0 saturated heterocycles. The number of aryl methyl sites for hydroxylation is 1. The van der Waals surface area contributed by atoms with Crippen molar-refractivity contribution in [3.8, 4) is 5.75 Å². The fraction of sp³-hybridized carbons (Fsp3) is 0.333. The van der Waals surface area contributed by atoms with E-state index in [1.54, 1.807) is 0 Å². The van der Waals surface area contributed by atoms with Crippen molar-refractivity contribution in [1.29, 1.82) is 0 Å². The monoisotopic (exact) mass is 419 g/mol. The maximum atomic E-state index is 6.40. The molecule has 0 heterocycles. The second-order valence-electron chi connectivity index (χ2n) is 7.88. The van der Waals surface area contributed by atoms with Crippen LogP contribution in [0, 0.1) is 6.92 Å². The van der Waals surface area contributed by atoms with Gasteiger partial charge in [-0.3, -0.25) is 0 Å². The van der Waals surface area contributed by atoms with Crippen molar-refractivity contribution in [2.75, 3.05) is 7.05 Å². The first-order chi connectivity index (χ1) is 14.6. The van der Waals surface area contributed by atoms with E-state index in [1.165, 1.54) is 27.6 Å². The highest BCUT2D eigenvalue weighted by Crippen LogP contribution is 2.50. The molecule has 0 aliphatic rings. The number of hydrogen-bond donors (Lipinski definition) is 1. The van der Waals surface area contributed by atoms with Gasteiger partial charge in [0.2, 0.25) is 0 Å². The zero-order chi connectivity index (χ0) is 21.4. The van der Waals surface area contributed by atoms with Crippen molar-refractivity contribution in [3.05, 3.63) is 95.1 Å². The molecule has 3 aromatic rings. The number of nitrogens with one attached hydrogen (secondary N) is 1. The summed E-state index contributed by atoms with van der Waals surface area (Å²) < 4.78 is 6.40. The Balaban J connectivity index is 1.97. The lowest BCUT2D eigenvalue weighted by atomic mass is 9.90. The van der Waals surface area contributed by atoms with E-state index in [-0.39, 0.29) is 5.16 Å². The molecule has 0 radical (unpaired) electrons. The van der Waals surface area contributed by atoms with Gasteiger partial charge in [-0.1, -0.05) is 94.7 Å². The Bertz CT molecular complexity index is 935. The average molecular weight is 420 g/mol. The molecule has 0 aromatic heterocycles. The van der Waals surface area contributed by atoms with Crippen LogP contribution in [0.4, 0.5) is 0 Å². The molecule has 30 heavy (non-hydrogen) atoms. The summed E-state index contributed by atoms with van der Waals surface area (Å²) in [5.41, 5.74) is 5.23. The van der Waals surface area contributed by atoms with Crippen LogP contribution in [0.1, 0.15) is 48.9 Å². The third-order valence-electron chi connectivity index (χ3n) is 5.85. The molecule has 158 valence electrons. The van der Waals surface area contributed by atoms with Crippen LogP contribution in [0.15, 0.2) is 72.8 Å². The number of rotatable bonds is 10. The lowest BCUT2D eigenvalue weighted by Gasteiger charge is -2.35. The van der Waals surface area contributed by atoms with Gasteiger partial charge in [0, 0.05) is 17.3 Å². The lowest BCUT2D eigenvalue weighted by molar-refractivity contribution is 0.298. The highest BCUT2D eigenvalue weighted by molar-refractivity contribution is 7.48. The summed E-state index contributed by atoms with van der Waals surface area (Å²) in [7, 11) is 2.71. The minimum absolute atomic E-state index is 0.0713. The van der Waals surface area contributed by atoms with E-state index in [0.29, 0.717) is 15.2 Å². The number of ether oxygens (including phenoxy) is 1. The Hall–Kier alpha value is -2.15. The van der Waals surface area contributed by atoms with Gasteiger partial charge in [-0.2, -0.15) is 0 Å². The first-order valence-corrected chi connectivity index (χ1v) is 11.9.